The summed E-state index contributed by atoms with van der Waals surface area (Å²) in [6.45, 7) is 1.69. The van der Waals surface area contributed by atoms with Crippen LogP contribution in [0.1, 0.15) is 15.9 Å². The lowest BCUT2D eigenvalue weighted by molar-refractivity contribution is 0.0697. The number of rotatable bonds is 3. The summed E-state index contributed by atoms with van der Waals surface area (Å²) in [5.41, 5.74) is 1.30. The van der Waals surface area contributed by atoms with E-state index in [0.717, 1.165) is 6.07 Å². The Labute approximate surface area is 108 Å². The van der Waals surface area contributed by atoms with Gasteiger partial charge in [-0.3, -0.25) is 0 Å². The second-order valence-electron chi connectivity index (χ2n) is 4.06. The minimum Gasteiger partial charge on any atom is -0.478 e. The van der Waals surface area contributed by atoms with Gasteiger partial charge in [0.1, 0.15) is 0 Å². The minimum absolute atomic E-state index is 0.00572. The van der Waals surface area contributed by atoms with E-state index in [-0.39, 0.29) is 11.3 Å². The molecule has 0 amide bonds. The number of aryl methyl sites for hydroxylation is 1. The van der Waals surface area contributed by atoms with Crippen molar-refractivity contribution in [2.24, 2.45) is 0 Å². The van der Waals surface area contributed by atoms with Gasteiger partial charge in [0.15, 0.2) is 11.6 Å². The molecular formula is C14H11F2NO2. The number of aromatic carboxylic acids is 1. The van der Waals surface area contributed by atoms with Gasteiger partial charge in [0.2, 0.25) is 0 Å². The Morgan fingerprint density at radius 2 is 1.89 bits per heavy atom. The first kappa shape index (κ1) is 13.0. The van der Waals surface area contributed by atoms with Crippen LogP contribution in [0.5, 0.6) is 0 Å². The molecule has 0 spiro atoms. The van der Waals surface area contributed by atoms with Crippen molar-refractivity contribution in [3.05, 3.63) is 59.2 Å². The Morgan fingerprint density at radius 3 is 2.53 bits per heavy atom. The van der Waals surface area contributed by atoms with Crippen LogP contribution >= 0.6 is 0 Å². The number of carboxylic acid groups (broad SMARTS) is 1. The van der Waals surface area contributed by atoms with Crippen molar-refractivity contribution >= 4 is 17.3 Å². The number of hydrogen-bond acceptors (Lipinski definition) is 2. The van der Waals surface area contributed by atoms with E-state index in [1.807, 2.05) is 0 Å². The van der Waals surface area contributed by atoms with Crippen molar-refractivity contribution in [3.8, 4) is 0 Å². The summed E-state index contributed by atoms with van der Waals surface area (Å²) < 4.78 is 26.6. The second kappa shape index (κ2) is 5.06. The molecule has 0 unspecified atom stereocenters. The highest BCUT2D eigenvalue weighted by Crippen LogP contribution is 2.24. The van der Waals surface area contributed by atoms with Crippen molar-refractivity contribution in [2.75, 3.05) is 5.32 Å². The number of nitrogens with one attached hydrogen (secondary N) is 1. The number of anilines is 2. The number of benzene rings is 2. The standard InChI is InChI=1S/C14H11F2NO2/c1-8-7-9(14(18)19)5-6-11(8)17-12-4-2-3-10(15)13(12)16/h2-7,17H,1H3,(H,18,19). The van der Waals surface area contributed by atoms with Crippen LogP contribution in [-0.2, 0) is 0 Å². The third kappa shape index (κ3) is 2.70. The van der Waals surface area contributed by atoms with Gasteiger partial charge in [-0.15, -0.1) is 0 Å². The molecule has 0 bridgehead atoms. The van der Waals surface area contributed by atoms with Crippen LogP contribution in [0.4, 0.5) is 20.2 Å². The molecule has 0 fully saturated rings. The first-order valence-corrected chi connectivity index (χ1v) is 5.54. The van der Waals surface area contributed by atoms with E-state index in [0.29, 0.717) is 11.3 Å². The van der Waals surface area contributed by atoms with Gasteiger partial charge >= 0.3 is 5.97 Å². The fraction of sp³-hybridized carbons (Fsp3) is 0.0714. The SMILES string of the molecule is Cc1cc(C(=O)O)ccc1Nc1cccc(F)c1F. The molecule has 2 rings (SSSR count). The molecule has 0 aromatic heterocycles. The van der Waals surface area contributed by atoms with E-state index >= 15 is 0 Å². The molecule has 0 atom stereocenters. The van der Waals surface area contributed by atoms with Crippen LogP contribution in [0.15, 0.2) is 36.4 Å². The Morgan fingerprint density at radius 1 is 1.16 bits per heavy atom. The molecule has 0 aliphatic rings. The average Bonchev–Trinajstić information content (AvgIpc) is 2.37. The maximum Gasteiger partial charge on any atom is 0.335 e. The second-order valence-corrected chi connectivity index (χ2v) is 4.06. The Bertz CT molecular complexity index is 641. The Kier molecular flexibility index (Phi) is 3.46. The van der Waals surface area contributed by atoms with Gasteiger partial charge in [-0.2, -0.15) is 0 Å². The first-order valence-electron chi connectivity index (χ1n) is 5.54. The van der Waals surface area contributed by atoms with Gasteiger partial charge in [0.05, 0.1) is 11.3 Å². The zero-order valence-electron chi connectivity index (χ0n) is 10.1. The smallest absolute Gasteiger partial charge is 0.335 e. The van der Waals surface area contributed by atoms with Gasteiger partial charge in [0, 0.05) is 5.69 Å². The minimum atomic E-state index is -1.04. The first-order chi connectivity index (χ1) is 8.99. The van der Waals surface area contributed by atoms with E-state index in [1.54, 1.807) is 6.92 Å². The molecule has 0 aliphatic carbocycles. The molecule has 0 aliphatic heterocycles. The lowest BCUT2D eigenvalue weighted by Gasteiger charge is -2.11. The largest absolute Gasteiger partial charge is 0.478 e. The lowest BCUT2D eigenvalue weighted by Crippen LogP contribution is -2.01. The van der Waals surface area contributed by atoms with Crippen LogP contribution in [0.25, 0.3) is 0 Å². The lowest BCUT2D eigenvalue weighted by atomic mass is 10.1. The van der Waals surface area contributed by atoms with E-state index in [2.05, 4.69) is 5.32 Å². The molecule has 0 saturated carbocycles. The molecule has 2 aromatic rings. The molecule has 2 N–H and O–H groups in total. The quantitative estimate of drug-likeness (QED) is 0.887. The van der Waals surface area contributed by atoms with Crippen LogP contribution in [-0.4, -0.2) is 11.1 Å². The van der Waals surface area contributed by atoms with E-state index in [9.17, 15) is 13.6 Å². The summed E-state index contributed by atoms with van der Waals surface area (Å²) in [4.78, 5) is 10.8. The van der Waals surface area contributed by atoms with Crippen molar-refractivity contribution in [3.63, 3.8) is 0 Å². The predicted molar refractivity (Wildman–Crippen MR) is 67.8 cm³/mol. The third-order valence-corrected chi connectivity index (χ3v) is 2.69. The van der Waals surface area contributed by atoms with Gasteiger partial charge in [-0.25, -0.2) is 13.6 Å². The van der Waals surface area contributed by atoms with Gasteiger partial charge < -0.3 is 10.4 Å². The average molecular weight is 263 g/mol. The van der Waals surface area contributed by atoms with Crippen LogP contribution < -0.4 is 5.32 Å². The summed E-state index contributed by atoms with van der Waals surface area (Å²) in [5, 5.41) is 11.6. The molecule has 3 nitrogen and oxygen atoms in total. The highest BCUT2D eigenvalue weighted by Gasteiger charge is 2.10. The third-order valence-electron chi connectivity index (χ3n) is 2.69. The number of carbonyl (C=O) groups is 1. The normalized spacial score (nSPS) is 10.3. The fourth-order valence-electron chi connectivity index (χ4n) is 1.68. The summed E-state index contributed by atoms with van der Waals surface area (Å²) in [6.07, 6.45) is 0. The number of carboxylic acids is 1. The maximum atomic E-state index is 13.5. The molecule has 0 saturated heterocycles. The van der Waals surface area contributed by atoms with Crippen molar-refractivity contribution in [2.45, 2.75) is 6.92 Å². The molecule has 5 heteroatoms. The molecule has 98 valence electrons. The summed E-state index contributed by atoms with van der Waals surface area (Å²) >= 11 is 0. The van der Waals surface area contributed by atoms with Gasteiger partial charge in [-0.05, 0) is 42.8 Å². The molecule has 2 aromatic carbocycles. The maximum absolute atomic E-state index is 13.5. The topological polar surface area (TPSA) is 49.3 Å². The fourth-order valence-corrected chi connectivity index (χ4v) is 1.68. The van der Waals surface area contributed by atoms with Crippen LogP contribution in [0, 0.1) is 18.6 Å². The van der Waals surface area contributed by atoms with E-state index < -0.39 is 17.6 Å². The van der Waals surface area contributed by atoms with Crippen LogP contribution in [0.2, 0.25) is 0 Å². The summed E-state index contributed by atoms with van der Waals surface area (Å²) in [7, 11) is 0. The van der Waals surface area contributed by atoms with Gasteiger partial charge in [-0.1, -0.05) is 6.07 Å². The Balaban J connectivity index is 2.34. The van der Waals surface area contributed by atoms with E-state index in [1.165, 1.54) is 30.3 Å². The van der Waals surface area contributed by atoms with Crippen molar-refractivity contribution < 1.29 is 18.7 Å². The summed E-state index contributed by atoms with van der Waals surface area (Å²) in [6, 6.07) is 8.20. The molecule has 0 radical (unpaired) electrons. The van der Waals surface area contributed by atoms with Crippen molar-refractivity contribution in [1.82, 2.24) is 0 Å². The zero-order chi connectivity index (χ0) is 14.0. The molecule has 19 heavy (non-hydrogen) atoms. The van der Waals surface area contributed by atoms with Crippen molar-refractivity contribution in [1.29, 1.82) is 0 Å². The molecule has 0 heterocycles. The number of hydrogen-bond donors (Lipinski definition) is 2. The Hall–Kier alpha value is -2.43. The van der Waals surface area contributed by atoms with E-state index in [4.69, 9.17) is 5.11 Å². The van der Waals surface area contributed by atoms with Crippen LogP contribution in [0.3, 0.4) is 0 Å². The van der Waals surface area contributed by atoms with Gasteiger partial charge in [0.25, 0.3) is 0 Å². The molecular weight excluding hydrogens is 252 g/mol. The predicted octanol–water partition coefficient (Wildman–Crippen LogP) is 3.72. The number of halogens is 2. The highest BCUT2D eigenvalue weighted by atomic mass is 19.2. The monoisotopic (exact) mass is 263 g/mol. The zero-order valence-corrected chi connectivity index (χ0v) is 10.1. The summed E-state index contributed by atoms with van der Waals surface area (Å²) in [5.74, 6) is -2.94. The highest BCUT2D eigenvalue weighted by molar-refractivity contribution is 5.88.